The number of hydrogen-bond acceptors (Lipinski definition) is 3. The minimum atomic E-state index is -1.33. The number of methoxy groups -OCH3 is 2. The maximum absolute atomic E-state index is 14.0. The molecule has 0 spiro atoms. The zero-order chi connectivity index (χ0) is 31.8. The van der Waals surface area contributed by atoms with E-state index in [1.165, 1.54) is 21.2 Å². The van der Waals surface area contributed by atoms with Gasteiger partial charge in [0, 0.05) is 6.04 Å². The minimum absolute atomic E-state index is 0.246. The standard InChI is InChI=1S/C38H41NO3P2S/c1-38(2,3)45(40)39-34(28-43(29-18-10-6-11-19-29)30-20-12-7-13-21-30)33-26-35(41-4)36(42-5)27-37(33)44(31-22-14-8-15-23-31)32-24-16-9-17-25-32/h6-27,34,39H,28H2,1-5H3/t34-,45-/m1/s1. The lowest BCUT2D eigenvalue weighted by molar-refractivity contribution is 0.354. The Morgan fingerprint density at radius 1 is 0.644 bits per heavy atom. The molecule has 0 aromatic heterocycles. The Balaban J connectivity index is 1.76. The number of nitrogens with one attached hydrogen (secondary N) is 1. The van der Waals surface area contributed by atoms with Crippen LogP contribution in [0.4, 0.5) is 0 Å². The van der Waals surface area contributed by atoms with Crippen LogP contribution in [-0.4, -0.2) is 29.3 Å². The fourth-order valence-electron chi connectivity index (χ4n) is 5.20. The van der Waals surface area contributed by atoms with Gasteiger partial charge in [-0.25, -0.2) is 8.93 Å². The lowest BCUT2D eigenvalue weighted by Crippen LogP contribution is -2.39. The van der Waals surface area contributed by atoms with Crippen molar-refractivity contribution in [2.45, 2.75) is 31.6 Å². The van der Waals surface area contributed by atoms with E-state index in [0.29, 0.717) is 11.5 Å². The molecule has 0 aliphatic heterocycles. The molecule has 0 fully saturated rings. The Morgan fingerprint density at radius 3 is 1.44 bits per heavy atom. The van der Waals surface area contributed by atoms with Crippen LogP contribution in [0.2, 0.25) is 0 Å². The first-order valence-corrected chi connectivity index (χ1v) is 19.0. The molecule has 0 heterocycles. The Bertz CT molecular complexity index is 1600. The van der Waals surface area contributed by atoms with Crippen molar-refractivity contribution >= 4 is 53.4 Å². The van der Waals surface area contributed by atoms with Gasteiger partial charge in [0.2, 0.25) is 0 Å². The highest BCUT2D eigenvalue weighted by Gasteiger charge is 2.32. The second-order valence-electron chi connectivity index (χ2n) is 11.6. The van der Waals surface area contributed by atoms with Crippen LogP contribution in [0.3, 0.4) is 0 Å². The van der Waals surface area contributed by atoms with E-state index >= 15 is 0 Å². The highest BCUT2D eigenvalue weighted by Crippen LogP contribution is 2.44. The van der Waals surface area contributed by atoms with Crippen molar-refractivity contribution in [2.24, 2.45) is 0 Å². The van der Waals surface area contributed by atoms with Crippen LogP contribution in [0, 0.1) is 0 Å². The molecule has 0 aliphatic rings. The Hall–Kier alpha value is -3.33. The molecule has 5 aromatic carbocycles. The smallest absolute Gasteiger partial charge is 0.161 e. The van der Waals surface area contributed by atoms with Gasteiger partial charge < -0.3 is 9.47 Å². The van der Waals surface area contributed by atoms with Gasteiger partial charge in [-0.2, -0.15) is 0 Å². The van der Waals surface area contributed by atoms with E-state index in [0.717, 1.165) is 17.0 Å². The van der Waals surface area contributed by atoms with Gasteiger partial charge in [0.25, 0.3) is 0 Å². The van der Waals surface area contributed by atoms with Crippen LogP contribution >= 0.6 is 15.8 Å². The molecule has 232 valence electrons. The fraction of sp³-hybridized carbons (Fsp3) is 0.211. The first-order valence-electron chi connectivity index (χ1n) is 15.0. The van der Waals surface area contributed by atoms with Crippen LogP contribution in [0.5, 0.6) is 11.5 Å². The Labute approximate surface area is 273 Å². The van der Waals surface area contributed by atoms with E-state index in [9.17, 15) is 4.21 Å². The summed E-state index contributed by atoms with van der Waals surface area (Å²) in [6.45, 7) is 6.04. The van der Waals surface area contributed by atoms with Gasteiger partial charge in [-0.05, 0) is 87.0 Å². The molecule has 5 aromatic rings. The predicted octanol–water partition coefficient (Wildman–Crippen LogP) is 6.69. The summed E-state index contributed by atoms with van der Waals surface area (Å²) in [5.74, 6) is 1.34. The van der Waals surface area contributed by atoms with Gasteiger partial charge in [-0.15, -0.1) is 0 Å². The van der Waals surface area contributed by atoms with Crippen LogP contribution in [0.25, 0.3) is 0 Å². The largest absolute Gasteiger partial charge is 0.493 e. The van der Waals surface area contributed by atoms with E-state index in [1.807, 2.05) is 20.8 Å². The molecule has 0 saturated heterocycles. The van der Waals surface area contributed by atoms with E-state index in [2.05, 4.69) is 138 Å². The van der Waals surface area contributed by atoms with Crippen LogP contribution in [0.15, 0.2) is 133 Å². The van der Waals surface area contributed by atoms with Gasteiger partial charge in [0.15, 0.2) is 11.5 Å². The summed E-state index contributed by atoms with van der Waals surface area (Å²) in [5, 5.41) is 6.18. The maximum Gasteiger partial charge on any atom is 0.161 e. The molecular formula is C38H41NO3P2S. The molecule has 0 radical (unpaired) electrons. The van der Waals surface area contributed by atoms with Crippen molar-refractivity contribution in [3.63, 3.8) is 0 Å². The maximum atomic E-state index is 14.0. The zero-order valence-corrected chi connectivity index (χ0v) is 29.1. The zero-order valence-electron chi connectivity index (χ0n) is 26.5. The number of ether oxygens (including phenoxy) is 2. The van der Waals surface area contributed by atoms with Crippen molar-refractivity contribution in [3.05, 3.63) is 139 Å². The van der Waals surface area contributed by atoms with Gasteiger partial charge in [-0.1, -0.05) is 121 Å². The van der Waals surface area contributed by atoms with Gasteiger partial charge in [-0.3, -0.25) is 0 Å². The molecule has 7 heteroatoms. The quantitative estimate of drug-likeness (QED) is 0.153. The summed E-state index contributed by atoms with van der Waals surface area (Å²) in [4.78, 5) is 0. The van der Waals surface area contributed by atoms with E-state index in [1.54, 1.807) is 14.2 Å². The SMILES string of the molecule is COc1cc([C@@H](CP(c2ccccc2)c2ccccc2)N[S@](=O)C(C)(C)C)c(P(c2ccccc2)c2ccccc2)cc1OC. The summed E-state index contributed by atoms with van der Waals surface area (Å²) in [6.07, 6.45) is 0.750. The number of hydrogen-bond donors (Lipinski definition) is 1. The molecule has 1 N–H and O–H groups in total. The lowest BCUT2D eigenvalue weighted by Gasteiger charge is -2.32. The predicted molar refractivity (Wildman–Crippen MR) is 196 cm³/mol. The Kier molecular flexibility index (Phi) is 11.2. The third kappa shape index (κ3) is 8.10. The normalized spacial score (nSPS) is 13.0. The third-order valence-electron chi connectivity index (χ3n) is 7.48. The summed E-state index contributed by atoms with van der Waals surface area (Å²) < 4.78 is 28.9. The molecule has 0 aliphatic carbocycles. The third-order valence-corrected chi connectivity index (χ3v) is 14.2. The second kappa shape index (κ2) is 15.3. The van der Waals surface area contributed by atoms with Crippen LogP contribution < -0.4 is 40.7 Å². The molecule has 0 saturated carbocycles. The van der Waals surface area contributed by atoms with Crippen molar-refractivity contribution in [1.29, 1.82) is 0 Å². The molecular weight excluding hydrogens is 612 g/mol. The monoisotopic (exact) mass is 653 g/mol. The van der Waals surface area contributed by atoms with Gasteiger partial charge in [0.05, 0.1) is 30.0 Å². The second-order valence-corrected chi connectivity index (χ2v) is 18.0. The lowest BCUT2D eigenvalue weighted by atomic mass is 10.1. The van der Waals surface area contributed by atoms with Crippen molar-refractivity contribution in [1.82, 2.24) is 4.72 Å². The highest BCUT2D eigenvalue weighted by atomic mass is 32.2. The van der Waals surface area contributed by atoms with Crippen molar-refractivity contribution < 1.29 is 13.7 Å². The molecule has 0 amide bonds. The molecule has 5 rings (SSSR count). The first-order chi connectivity index (χ1) is 21.8. The average Bonchev–Trinajstić information content (AvgIpc) is 3.07. The number of rotatable bonds is 12. The fourth-order valence-corrected chi connectivity index (χ4v) is 11.1. The summed E-state index contributed by atoms with van der Waals surface area (Å²) >= 11 is 0. The summed E-state index contributed by atoms with van der Waals surface area (Å²) in [6, 6.07) is 46.7. The molecule has 2 atom stereocenters. The van der Waals surface area contributed by atoms with Crippen LogP contribution in [-0.2, 0) is 11.0 Å². The van der Waals surface area contributed by atoms with Gasteiger partial charge in [0.1, 0.15) is 0 Å². The molecule has 45 heavy (non-hydrogen) atoms. The van der Waals surface area contributed by atoms with Crippen molar-refractivity contribution in [2.75, 3.05) is 20.4 Å². The van der Waals surface area contributed by atoms with Gasteiger partial charge >= 0.3 is 0 Å². The highest BCUT2D eigenvalue weighted by molar-refractivity contribution is 7.84. The molecule has 0 unspecified atom stereocenters. The topological polar surface area (TPSA) is 47.6 Å². The van der Waals surface area contributed by atoms with Crippen molar-refractivity contribution in [3.8, 4) is 11.5 Å². The van der Waals surface area contributed by atoms with E-state index < -0.39 is 31.6 Å². The van der Waals surface area contributed by atoms with E-state index in [4.69, 9.17) is 9.47 Å². The average molecular weight is 654 g/mol. The molecule has 0 bridgehead atoms. The molecule has 4 nitrogen and oxygen atoms in total. The minimum Gasteiger partial charge on any atom is -0.493 e. The van der Waals surface area contributed by atoms with E-state index in [-0.39, 0.29) is 6.04 Å². The Morgan fingerprint density at radius 2 is 1.04 bits per heavy atom. The number of benzene rings is 5. The summed E-state index contributed by atoms with van der Waals surface area (Å²) in [5.41, 5.74) is 1.07. The van der Waals surface area contributed by atoms with Crippen LogP contribution in [0.1, 0.15) is 32.4 Å². The first kappa shape index (κ1) is 33.0. The summed E-state index contributed by atoms with van der Waals surface area (Å²) in [7, 11) is 0.232.